The fraction of sp³-hybridized carbons (Fsp3) is 0.370. The Hall–Kier alpha value is -4.25. The Balaban J connectivity index is 1.64. The second-order valence-corrected chi connectivity index (χ2v) is 9.87. The van der Waals surface area contributed by atoms with Crippen molar-refractivity contribution < 1.29 is 23.8 Å². The number of pyridine rings is 1. The fourth-order valence-corrected chi connectivity index (χ4v) is 4.19. The molecule has 11 nitrogen and oxygen atoms in total. The number of hydrogen-bond donors (Lipinski definition) is 0. The molecule has 2 bridgehead atoms. The third-order valence-electron chi connectivity index (χ3n) is 5.96. The molecule has 0 atom stereocenters. The van der Waals surface area contributed by atoms with E-state index in [9.17, 15) is 9.59 Å². The van der Waals surface area contributed by atoms with Crippen LogP contribution < -0.4 is 14.5 Å². The third kappa shape index (κ3) is 5.52. The van der Waals surface area contributed by atoms with Gasteiger partial charge >= 0.3 is 6.09 Å². The van der Waals surface area contributed by atoms with Crippen molar-refractivity contribution in [2.45, 2.75) is 32.9 Å². The highest BCUT2D eigenvalue weighted by Gasteiger charge is 2.33. The number of imide groups is 1. The summed E-state index contributed by atoms with van der Waals surface area (Å²) in [6.07, 6.45) is 4.54. The smallest absolute Gasteiger partial charge is 0.423 e. The number of benzene rings is 1. The Morgan fingerprint density at radius 1 is 1.08 bits per heavy atom. The molecule has 3 aromatic rings. The first kappa shape index (κ1) is 25.4. The monoisotopic (exact) mass is 518 g/mol. The van der Waals surface area contributed by atoms with Crippen molar-refractivity contribution in [1.29, 1.82) is 0 Å². The largest absolute Gasteiger partial charge is 0.489 e. The quantitative estimate of drug-likeness (QED) is 0.445. The van der Waals surface area contributed by atoms with E-state index in [0.717, 1.165) is 10.6 Å². The molecule has 1 fully saturated rings. The van der Waals surface area contributed by atoms with Gasteiger partial charge in [-0.3, -0.25) is 4.79 Å². The molecule has 0 radical (unpaired) electrons. The van der Waals surface area contributed by atoms with E-state index in [0.29, 0.717) is 50.1 Å². The van der Waals surface area contributed by atoms with Gasteiger partial charge < -0.3 is 23.7 Å². The van der Waals surface area contributed by atoms with Crippen LogP contribution in [0.5, 0.6) is 5.75 Å². The lowest BCUT2D eigenvalue weighted by molar-refractivity contribution is 0.0562. The Bertz CT molecular complexity index is 1360. The highest BCUT2D eigenvalue weighted by Crippen LogP contribution is 2.30. The van der Waals surface area contributed by atoms with Crippen molar-refractivity contribution in [3.8, 4) is 17.3 Å². The molecule has 5 rings (SSSR count). The Morgan fingerprint density at radius 2 is 1.89 bits per heavy atom. The number of fused-ring (bicyclic) bond motifs is 5. The molecule has 2 aliphatic rings. The van der Waals surface area contributed by atoms with Gasteiger partial charge in [0.25, 0.3) is 5.91 Å². The number of rotatable bonds is 1. The summed E-state index contributed by atoms with van der Waals surface area (Å²) in [5.74, 6) is 0.340. The van der Waals surface area contributed by atoms with E-state index < -0.39 is 17.6 Å². The zero-order valence-corrected chi connectivity index (χ0v) is 21.7. The lowest BCUT2D eigenvalue weighted by Gasteiger charge is -2.30. The van der Waals surface area contributed by atoms with Crippen molar-refractivity contribution in [3.63, 3.8) is 0 Å². The minimum absolute atomic E-state index is 0.103. The summed E-state index contributed by atoms with van der Waals surface area (Å²) in [6, 6.07) is 10.5. The van der Waals surface area contributed by atoms with Gasteiger partial charge in [0.1, 0.15) is 35.8 Å². The average Bonchev–Trinajstić information content (AvgIpc) is 3.36. The van der Waals surface area contributed by atoms with Crippen molar-refractivity contribution in [3.05, 3.63) is 60.4 Å². The van der Waals surface area contributed by atoms with Crippen LogP contribution in [0.2, 0.25) is 0 Å². The van der Waals surface area contributed by atoms with E-state index in [2.05, 4.69) is 20.1 Å². The molecule has 4 heterocycles. The predicted octanol–water partition coefficient (Wildman–Crippen LogP) is 3.71. The number of nitrogens with zero attached hydrogens (tertiary/aromatic N) is 6. The van der Waals surface area contributed by atoms with E-state index in [1.807, 2.05) is 22.8 Å². The van der Waals surface area contributed by atoms with Gasteiger partial charge in [0.05, 0.1) is 18.8 Å². The summed E-state index contributed by atoms with van der Waals surface area (Å²) >= 11 is 0. The van der Waals surface area contributed by atoms with Crippen LogP contribution in [-0.4, -0.2) is 70.3 Å². The zero-order chi connectivity index (χ0) is 26.7. The van der Waals surface area contributed by atoms with Crippen LogP contribution in [0.1, 0.15) is 31.1 Å². The summed E-state index contributed by atoms with van der Waals surface area (Å²) in [5, 5.41) is 8.21. The first-order chi connectivity index (χ1) is 18.3. The molecule has 0 unspecified atom stereocenters. The van der Waals surface area contributed by atoms with Crippen molar-refractivity contribution in [2.75, 3.05) is 42.7 Å². The minimum atomic E-state index is -0.844. The molecule has 0 N–H and O–H groups in total. The molecule has 2 aromatic heterocycles. The molecular weight excluding hydrogens is 488 g/mol. The van der Waals surface area contributed by atoms with Gasteiger partial charge in [-0.2, -0.15) is 4.90 Å². The Labute approximate surface area is 220 Å². The highest BCUT2D eigenvalue weighted by atomic mass is 16.6. The lowest BCUT2D eigenvalue weighted by atomic mass is 10.1. The summed E-state index contributed by atoms with van der Waals surface area (Å²) in [4.78, 5) is 35.4. The molecule has 0 aliphatic carbocycles. The van der Waals surface area contributed by atoms with Crippen molar-refractivity contribution >= 4 is 23.5 Å². The second kappa shape index (κ2) is 10.6. The third-order valence-corrected chi connectivity index (χ3v) is 5.96. The standard InChI is InChI=1S/C27H30N6O5/c1-27(2,3)38-26(35)33-23-8-6-7-21(29-23)24-30-28-18-32(24)11-4-5-14-37-22-10-9-19(17-20(22)25(33)34)31-12-15-36-16-13-31/h4-10,17-18H,11-16H2,1-3H3/b5-4-. The number of amides is 2. The van der Waals surface area contributed by atoms with E-state index in [-0.39, 0.29) is 18.0 Å². The highest BCUT2D eigenvalue weighted by molar-refractivity contribution is 6.20. The molecule has 1 saturated heterocycles. The lowest BCUT2D eigenvalue weighted by Crippen LogP contribution is -2.42. The summed E-state index contributed by atoms with van der Waals surface area (Å²) in [6.45, 7) is 8.52. The molecule has 2 aliphatic heterocycles. The fourth-order valence-electron chi connectivity index (χ4n) is 4.19. The first-order valence-electron chi connectivity index (χ1n) is 12.5. The van der Waals surface area contributed by atoms with Gasteiger partial charge in [-0.1, -0.05) is 12.1 Å². The Morgan fingerprint density at radius 3 is 2.68 bits per heavy atom. The molecule has 0 saturated carbocycles. The Kier molecular flexibility index (Phi) is 7.10. The van der Waals surface area contributed by atoms with Crippen LogP contribution in [0, 0.1) is 0 Å². The van der Waals surface area contributed by atoms with Crippen LogP contribution in [0.15, 0.2) is 54.9 Å². The topological polar surface area (TPSA) is 112 Å². The molecular formula is C27H30N6O5. The average molecular weight is 519 g/mol. The van der Waals surface area contributed by atoms with Crippen molar-refractivity contribution in [2.24, 2.45) is 0 Å². The van der Waals surface area contributed by atoms with Gasteiger partial charge in [-0.05, 0) is 57.2 Å². The molecule has 38 heavy (non-hydrogen) atoms. The maximum Gasteiger partial charge on any atom is 0.423 e. The van der Waals surface area contributed by atoms with Gasteiger partial charge in [0.2, 0.25) is 0 Å². The van der Waals surface area contributed by atoms with Crippen LogP contribution in [0.4, 0.5) is 16.3 Å². The SMILES string of the molecule is CC(C)(C)OC(=O)N1C(=O)c2cc(N3CCOCC3)ccc2OC/C=C\Cn2cnnc2-c2cccc1n2. The van der Waals surface area contributed by atoms with Crippen LogP contribution >= 0.6 is 0 Å². The molecule has 11 heteroatoms. The molecule has 1 aromatic carbocycles. The van der Waals surface area contributed by atoms with Gasteiger partial charge in [0.15, 0.2) is 5.82 Å². The first-order valence-corrected chi connectivity index (χ1v) is 12.5. The number of carbonyl (C=O) groups excluding carboxylic acids is 2. The number of allylic oxidation sites excluding steroid dienone is 1. The number of ether oxygens (including phenoxy) is 3. The summed E-state index contributed by atoms with van der Waals surface area (Å²) in [5.41, 5.74) is 0.680. The molecule has 0 spiro atoms. The minimum Gasteiger partial charge on any atom is -0.489 e. The zero-order valence-electron chi connectivity index (χ0n) is 21.7. The predicted molar refractivity (Wildman–Crippen MR) is 140 cm³/mol. The number of hydrogen-bond acceptors (Lipinski definition) is 9. The number of anilines is 2. The van der Waals surface area contributed by atoms with Crippen LogP contribution in [-0.2, 0) is 16.0 Å². The maximum absolute atomic E-state index is 14.2. The van der Waals surface area contributed by atoms with Crippen LogP contribution in [0.25, 0.3) is 11.5 Å². The number of aromatic nitrogens is 4. The molecule has 198 valence electrons. The van der Waals surface area contributed by atoms with Gasteiger partial charge in [0, 0.05) is 25.3 Å². The van der Waals surface area contributed by atoms with E-state index in [4.69, 9.17) is 14.2 Å². The van der Waals surface area contributed by atoms with Gasteiger partial charge in [-0.25, -0.2) is 9.78 Å². The van der Waals surface area contributed by atoms with E-state index in [1.54, 1.807) is 57.4 Å². The summed E-state index contributed by atoms with van der Waals surface area (Å²) < 4.78 is 18.9. The van der Waals surface area contributed by atoms with Crippen molar-refractivity contribution in [1.82, 2.24) is 19.7 Å². The maximum atomic E-state index is 14.2. The van der Waals surface area contributed by atoms with Crippen LogP contribution in [0.3, 0.4) is 0 Å². The normalized spacial score (nSPS) is 17.1. The van der Waals surface area contributed by atoms with Gasteiger partial charge in [-0.15, -0.1) is 10.2 Å². The second-order valence-electron chi connectivity index (χ2n) is 9.87. The van der Waals surface area contributed by atoms with E-state index in [1.165, 1.54) is 0 Å². The van der Waals surface area contributed by atoms with E-state index >= 15 is 0 Å². The summed E-state index contributed by atoms with van der Waals surface area (Å²) in [7, 11) is 0. The number of carbonyl (C=O) groups is 2. The molecule has 2 amide bonds. The number of morpholine rings is 1.